The van der Waals surface area contributed by atoms with Crippen LogP contribution >= 0.6 is 15.9 Å². The van der Waals surface area contributed by atoms with Crippen LogP contribution in [0, 0.1) is 0 Å². The van der Waals surface area contributed by atoms with Gasteiger partial charge in [-0.15, -0.1) is 0 Å². The minimum atomic E-state index is -0.0124. The van der Waals surface area contributed by atoms with E-state index in [1.165, 1.54) is 0 Å². The Kier molecular flexibility index (Phi) is 8.49. The van der Waals surface area contributed by atoms with E-state index < -0.39 is 0 Å². The summed E-state index contributed by atoms with van der Waals surface area (Å²) < 4.78 is 0.960. The zero-order chi connectivity index (χ0) is 14.8. The molecule has 0 heterocycles. The van der Waals surface area contributed by atoms with Crippen LogP contribution in [0.5, 0.6) is 0 Å². The minimum absolute atomic E-state index is 0.0124. The average Bonchev–Trinajstić information content (AvgIpc) is 2.42. The van der Waals surface area contributed by atoms with Gasteiger partial charge in [0.1, 0.15) is 0 Å². The summed E-state index contributed by atoms with van der Waals surface area (Å²) in [5.41, 5.74) is 0.812. The number of hydrogen-bond donors (Lipinski definition) is 2. The van der Waals surface area contributed by atoms with Crippen molar-refractivity contribution in [3.05, 3.63) is 28.7 Å². The Morgan fingerprint density at radius 1 is 1.30 bits per heavy atom. The van der Waals surface area contributed by atoms with Crippen molar-refractivity contribution in [3.8, 4) is 0 Å². The van der Waals surface area contributed by atoms with Crippen LogP contribution in [0.1, 0.15) is 20.3 Å². The summed E-state index contributed by atoms with van der Waals surface area (Å²) in [6.45, 7) is 8.67. The molecule has 1 aromatic carbocycles. The molecule has 1 rings (SSSR count). The highest BCUT2D eigenvalue weighted by Crippen LogP contribution is 2.15. The molecule has 0 unspecified atom stereocenters. The van der Waals surface area contributed by atoms with Crippen LogP contribution in [0.4, 0.5) is 5.69 Å². The van der Waals surface area contributed by atoms with Gasteiger partial charge >= 0.3 is 0 Å². The molecule has 0 radical (unpaired) electrons. The number of carbonyl (C=O) groups excluding carboxylic acids is 1. The molecular weight excluding hydrogens is 318 g/mol. The van der Waals surface area contributed by atoms with Gasteiger partial charge in [-0.05, 0) is 37.7 Å². The first kappa shape index (κ1) is 17.1. The molecule has 2 N–H and O–H groups in total. The summed E-state index contributed by atoms with van der Waals surface area (Å²) in [4.78, 5) is 14.1. The smallest absolute Gasteiger partial charge is 0.238 e. The number of benzene rings is 1. The maximum Gasteiger partial charge on any atom is 0.238 e. The maximum atomic E-state index is 11.8. The fourth-order valence-electron chi connectivity index (χ4n) is 1.95. The monoisotopic (exact) mass is 341 g/mol. The third-order valence-corrected chi connectivity index (χ3v) is 3.48. The van der Waals surface area contributed by atoms with Crippen molar-refractivity contribution in [2.75, 3.05) is 38.0 Å². The summed E-state index contributed by atoms with van der Waals surface area (Å²) >= 11 is 3.38. The molecular formula is C15H24BrN3O. The second-order valence-electron chi connectivity index (χ2n) is 4.67. The minimum Gasteiger partial charge on any atom is -0.325 e. The lowest BCUT2D eigenvalue weighted by molar-refractivity contribution is -0.115. The van der Waals surface area contributed by atoms with E-state index in [4.69, 9.17) is 0 Å². The average molecular weight is 342 g/mol. The lowest BCUT2D eigenvalue weighted by atomic mass is 10.3. The van der Waals surface area contributed by atoms with Crippen molar-refractivity contribution in [2.24, 2.45) is 0 Å². The lowest BCUT2D eigenvalue weighted by Crippen LogP contribution is -2.36. The Morgan fingerprint density at radius 2 is 2.10 bits per heavy atom. The SMILES string of the molecule is CCCN(CC)CCNCC(=O)Nc1cccc(Br)c1. The number of nitrogens with zero attached hydrogens (tertiary/aromatic N) is 1. The summed E-state index contributed by atoms with van der Waals surface area (Å²) in [6, 6.07) is 7.60. The van der Waals surface area contributed by atoms with Crippen LogP contribution in [-0.2, 0) is 4.79 Å². The highest BCUT2D eigenvalue weighted by Gasteiger charge is 2.03. The molecule has 0 saturated carbocycles. The molecule has 0 aliphatic heterocycles. The fraction of sp³-hybridized carbons (Fsp3) is 0.533. The molecule has 0 saturated heterocycles. The van der Waals surface area contributed by atoms with E-state index in [1.807, 2.05) is 24.3 Å². The molecule has 0 bridgehead atoms. The molecule has 0 aliphatic rings. The van der Waals surface area contributed by atoms with Crippen LogP contribution in [-0.4, -0.2) is 43.5 Å². The lowest BCUT2D eigenvalue weighted by Gasteiger charge is -2.19. The Hall–Kier alpha value is -0.910. The number of carbonyl (C=O) groups is 1. The maximum absolute atomic E-state index is 11.8. The highest BCUT2D eigenvalue weighted by atomic mass is 79.9. The Bertz CT molecular complexity index is 412. The molecule has 4 nitrogen and oxygen atoms in total. The van der Waals surface area contributed by atoms with Crippen LogP contribution < -0.4 is 10.6 Å². The fourth-order valence-corrected chi connectivity index (χ4v) is 2.35. The van der Waals surface area contributed by atoms with Crippen molar-refractivity contribution in [1.82, 2.24) is 10.2 Å². The number of anilines is 1. The molecule has 0 aromatic heterocycles. The third kappa shape index (κ3) is 7.03. The van der Waals surface area contributed by atoms with Gasteiger partial charge < -0.3 is 15.5 Å². The van der Waals surface area contributed by atoms with E-state index in [2.05, 4.69) is 45.3 Å². The molecule has 0 spiro atoms. The van der Waals surface area contributed by atoms with Gasteiger partial charge in [-0.2, -0.15) is 0 Å². The molecule has 112 valence electrons. The van der Waals surface area contributed by atoms with E-state index in [0.717, 1.165) is 42.8 Å². The van der Waals surface area contributed by atoms with Crippen molar-refractivity contribution in [2.45, 2.75) is 20.3 Å². The summed E-state index contributed by atoms with van der Waals surface area (Å²) in [7, 11) is 0. The molecule has 5 heteroatoms. The van der Waals surface area contributed by atoms with Gasteiger partial charge in [-0.1, -0.05) is 35.8 Å². The molecule has 1 aromatic rings. The van der Waals surface area contributed by atoms with Gasteiger partial charge in [0.15, 0.2) is 0 Å². The van der Waals surface area contributed by atoms with Gasteiger partial charge in [0.2, 0.25) is 5.91 Å². The number of rotatable bonds is 9. The van der Waals surface area contributed by atoms with Crippen molar-refractivity contribution >= 4 is 27.5 Å². The number of likely N-dealkylation sites (N-methyl/N-ethyl adjacent to an activating group) is 1. The van der Waals surface area contributed by atoms with Crippen LogP contribution in [0.15, 0.2) is 28.7 Å². The first-order valence-electron chi connectivity index (χ1n) is 7.14. The predicted molar refractivity (Wildman–Crippen MR) is 88.0 cm³/mol. The number of hydrogen-bond acceptors (Lipinski definition) is 3. The zero-order valence-electron chi connectivity index (χ0n) is 12.3. The Morgan fingerprint density at radius 3 is 2.75 bits per heavy atom. The molecule has 1 amide bonds. The molecule has 0 aliphatic carbocycles. The summed E-state index contributed by atoms with van der Waals surface area (Å²) in [6.07, 6.45) is 1.16. The summed E-state index contributed by atoms with van der Waals surface area (Å²) in [5.74, 6) is -0.0124. The molecule has 0 atom stereocenters. The number of amides is 1. The largest absolute Gasteiger partial charge is 0.325 e. The number of halogens is 1. The van der Waals surface area contributed by atoms with Crippen molar-refractivity contribution in [3.63, 3.8) is 0 Å². The first-order valence-corrected chi connectivity index (χ1v) is 7.93. The third-order valence-electron chi connectivity index (χ3n) is 2.99. The number of nitrogens with one attached hydrogen (secondary N) is 2. The van der Waals surface area contributed by atoms with Gasteiger partial charge in [0, 0.05) is 23.2 Å². The predicted octanol–water partition coefficient (Wildman–Crippen LogP) is 2.71. The quantitative estimate of drug-likeness (QED) is 0.679. The highest BCUT2D eigenvalue weighted by molar-refractivity contribution is 9.10. The summed E-state index contributed by atoms with van der Waals surface area (Å²) in [5, 5.41) is 6.04. The van der Waals surface area contributed by atoms with Crippen LogP contribution in [0.2, 0.25) is 0 Å². The van der Waals surface area contributed by atoms with Gasteiger partial charge in [-0.3, -0.25) is 4.79 Å². The normalized spacial score (nSPS) is 10.8. The van der Waals surface area contributed by atoms with E-state index in [-0.39, 0.29) is 5.91 Å². The van der Waals surface area contributed by atoms with E-state index >= 15 is 0 Å². The van der Waals surface area contributed by atoms with Gasteiger partial charge in [-0.25, -0.2) is 0 Å². The van der Waals surface area contributed by atoms with Crippen LogP contribution in [0.25, 0.3) is 0 Å². The Balaban J connectivity index is 2.20. The molecule has 20 heavy (non-hydrogen) atoms. The van der Waals surface area contributed by atoms with Gasteiger partial charge in [0.25, 0.3) is 0 Å². The zero-order valence-corrected chi connectivity index (χ0v) is 13.9. The van der Waals surface area contributed by atoms with E-state index in [0.29, 0.717) is 6.54 Å². The van der Waals surface area contributed by atoms with Crippen LogP contribution in [0.3, 0.4) is 0 Å². The standard InChI is InChI=1S/C15H24BrN3O/c1-3-9-19(4-2)10-8-17-12-15(20)18-14-7-5-6-13(16)11-14/h5-7,11,17H,3-4,8-10,12H2,1-2H3,(H,18,20). The molecule has 0 fully saturated rings. The first-order chi connectivity index (χ1) is 9.65. The topological polar surface area (TPSA) is 44.4 Å². The van der Waals surface area contributed by atoms with Crippen molar-refractivity contribution < 1.29 is 4.79 Å². The Labute approximate surface area is 130 Å². The second-order valence-corrected chi connectivity index (χ2v) is 5.59. The van der Waals surface area contributed by atoms with E-state index in [9.17, 15) is 4.79 Å². The van der Waals surface area contributed by atoms with E-state index in [1.54, 1.807) is 0 Å². The van der Waals surface area contributed by atoms with Crippen molar-refractivity contribution in [1.29, 1.82) is 0 Å². The second kappa shape index (κ2) is 9.91. The van der Waals surface area contributed by atoms with Gasteiger partial charge in [0.05, 0.1) is 6.54 Å².